The number of aromatic nitrogens is 4. The van der Waals surface area contributed by atoms with E-state index in [-0.39, 0.29) is 28.8 Å². The average molecular weight is 474 g/mol. The Morgan fingerprint density at radius 1 is 1.12 bits per heavy atom. The minimum absolute atomic E-state index is 0.0128. The molecule has 0 bridgehead atoms. The van der Waals surface area contributed by atoms with Gasteiger partial charge in [-0.3, -0.25) is 19.4 Å². The third-order valence-electron chi connectivity index (χ3n) is 4.81. The fourth-order valence-corrected chi connectivity index (χ4v) is 3.42. The molecule has 3 rings (SSSR count). The number of nitrogens with zero attached hydrogens (tertiary/aromatic N) is 3. The van der Waals surface area contributed by atoms with Crippen molar-refractivity contribution in [3.05, 3.63) is 63.2 Å². The maximum atomic E-state index is 12.4. The van der Waals surface area contributed by atoms with Gasteiger partial charge in [-0.2, -0.15) is 9.78 Å². The van der Waals surface area contributed by atoms with Gasteiger partial charge >= 0.3 is 11.8 Å². The molecule has 174 valence electrons. The van der Waals surface area contributed by atoms with Crippen LogP contribution in [0.25, 0.3) is 5.95 Å². The fraction of sp³-hybridized carbons (Fsp3) is 0.250. The number of anilines is 1. The molecule has 0 aliphatic heterocycles. The topological polar surface area (TPSA) is 182 Å². The highest BCUT2D eigenvalue weighted by molar-refractivity contribution is 7.89. The van der Waals surface area contributed by atoms with Crippen LogP contribution in [0.15, 0.2) is 40.0 Å². The maximum Gasteiger partial charge on any atom is 0.314 e. The third kappa shape index (κ3) is 5.70. The molecule has 0 saturated heterocycles. The summed E-state index contributed by atoms with van der Waals surface area (Å²) < 4.78 is 23.8. The molecule has 0 aliphatic rings. The van der Waals surface area contributed by atoms with Gasteiger partial charge in [0.05, 0.1) is 10.6 Å². The number of aromatic amines is 1. The maximum absolute atomic E-state index is 12.4. The van der Waals surface area contributed by atoms with E-state index < -0.39 is 21.8 Å². The Kier molecular flexibility index (Phi) is 6.74. The molecule has 2 amide bonds. The van der Waals surface area contributed by atoms with Gasteiger partial charge in [0.1, 0.15) is 5.82 Å². The Morgan fingerprint density at radius 3 is 2.39 bits per heavy atom. The number of carbonyl (C=O) groups excluding carboxylic acids is 2. The van der Waals surface area contributed by atoms with Gasteiger partial charge in [0, 0.05) is 23.9 Å². The van der Waals surface area contributed by atoms with Crippen LogP contribution in [0.3, 0.4) is 0 Å². The largest absolute Gasteiger partial charge is 0.347 e. The first-order chi connectivity index (χ1) is 15.5. The number of benzene rings is 1. The zero-order valence-corrected chi connectivity index (χ0v) is 19.0. The fourth-order valence-electron chi connectivity index (χ4n) is 2.90. The second-order valence-electron chi connectivity index (χ2n) is 7.33. The minimum Gasteiger partial charge on any atom is -0.347 e. The van der Waals surface area contributed by atoms with E-state index in [1.807, 2.05) is 0 Å². The Hall–Kier alpha value is -3.84. The number of sulfonamides is 1. The Bertz CT molecular complexity index is 1370. The van der Waals surface area contributed by atoms with Crippen molar-refractivity contribution in [3.63, 3.8) is 0 Å². The SMILES string of the molecule is Cc1cc(NC(=O)C(=O)NCCc2ccc(S(N)(=O)=O)cc2)n(-c2nc(C)c(C)c(=O)[nH]2)n1. The molecule has 12 nitrogen and oxygen atoms in total. The molecule has 3 aromatic rings. The van der Waals surface area contributed by atoms with Gasteiger partial charge in [-0.05, 0) is 44.9 Å². The summed E-state index contributed by atoms with van der Waals surface area (Å²) in [7, 11) is -3.78. The van der Waals surface area contributed by atoms with E-state index >= 15 is 0 Å². The van der Waals surface area contributed by atoms with Crippen LogP contribution in [0.4, 0.5) is 5.82 Å². The monoisotopic (exact) mass is 473 g/mol. The van der Waals surface area contributed by atoms with Crippen LogP contribution in [0, 0.1) is 20.8 Å². The lowest BCUT2D eigenvalue weighted by Crippen LogP contribution is -2.37. The van der Waals surface area contributed by atoms with E-state index in [1.54, 1.807) is 32.9 Å². The highest BCUT2D eigenvalue weighted by Gasteiger charge is 2.18. The first-order valence-electron chi connectivity index (χ1n) is 9.81. The summed E-state index contributed by atoms with van der Waals surface area (Å²) in [5.41, 5.74) is 1.93. The van der Waals surface area contributed by atoms with E-state index in [0.29, 0.717) is 23.4 Å². The van der Waals surface area contributed by atoms with E-state index in [9.17, 15) is 22.8 Å². The Labute approximate surface area is 189 Å². The van der Waals surface area contributed by atoms with Gasteiger partial charge in [-0.1, -0.05) is 12.1 Å². The quantitative estimate of drug-likeness (QED) is 0.358. The molecule has 2 heterocycles. The number of aryl methyl sites for hydroxylation is 2. The first kappa shape index (κ1) is 23.8. The number of primary sulfonamides is 1. The second kappa shape index (κ2) is 9.34. The number of carbonyl (C=O) groups is 2. The van der Waals surface area contributed by atoms with Crippen molar-refractivity contribution in [3.8, 4) is 5.95 Å². The van der Waals surface area contributed by atoms with Crippen molar-refractivity contribution in [1.82, 2.24) is 25.1 Å². The van der Waals surface area contributed by atoms with Crippen LogP contribution in [0.1, 0.15) is 22.5 Å². The van der Waals surface area contributed by atoms with Crippen molar-refractivity contribution >= 4 is 27.7 Å². The molecule has 33 heavy (non-hydrogen) atoms. The summed E-state index contributed by atoms with van der Waals surface area (Å²) in [4.78, 5) is 43.5. The van der Waals surface area contributed by atoms with Gasteiger partial charge in [0.25, 0.3) is 5.56 Å². The second-order valence-corrected chi connectivity index (χ2v) is 8.89. The van der Waals surface area contributed by atoms with Gasteiger partial charge < -0.3 is 10.6 Å². The predicted molar refractivity (Wildman–Crippen MR) is 119 cm³/mol. The van der Waals surface area contributed by atoms with Gasteiger partial charge in [-0.25, -0.2) is 18.5 Å². The van der Waals surface area contributed by atoms with E-state index in [1.165, 1.54) is 22.9 Å². The van der Waals surface area contributed by atoms with Crippen LogP contribution in [-0.2, 0) is 26.0 Å². The molecule has 0 unspecified atom stereocenters. The van der Waals surface area contributed by atoms with Crippen molar-refractivity contribution < 1.29 is 18.0 Å². The van der Waals surface area contributed by atoms with Crippen molar-refractivity contribution in [2.24, 2.45) is 5.14 Å². The zero-order chi connectivity index (χ0) is 24.3. The molecule has 5 N–H and O–H groups in total. The number of hydrogen-bond donors (Lipinski definition) is 4. The van der Waals surface area contributed by atoms with Gasteiger partial charge in [0.15, 0.2) is 0 Å². The summed E-state index contributed by atoms with van der Waals surface area (Å²) in [5, 5.41) is 14.2. The molecule has 0 aliphatic carbocycles. The lowest BCUT2D eigenvalue weighted by molar-refractivity contribution is -0.136. The van der Waals surface area contributed by atoms with E-state index in [0.717, 1.165) is 5.56 Å². The first-order valence-corrected chi connectivity index (χ1v) is 11.4. The molecular weight excluding hydrogens is 450 g/mol. The molecule has 0 spiro atoms. The van der Waals surface area contributed by atoms with E-state index in [4.69, 9.17) is 5.14 Å². The minimum atomic E-state index is -3.78. The highest BCUT2D eigenvalue weighted by atomic mass is 32.2. The van der Waals surface area contributed by atoms with Crippen LogP contribution in [-0.4, -0.2) is 46.5 Å². The molecule has 1 aromatic carbocycles. The van der Waals surface area contributed by atoms with Gasteiger partial charge in [-0.15, -0.1) is 0 Å². The Balaban J connectivity index is 1.64. The summed E-state index contributed by atoms with van der Waals surface area (Å²) >= 11 is 0. The number of H-pyrrole nitrogens is 1. The summed E-state index contributed by atoms with van der Waals surface area (Å²) in [5.74, 6) is -1.53. The summed E-state index contributed by atoms with van der Waals surface area (Å²) in [6.45, 7) is 5.15. The number of nitrogens with one attached hydrogen (secondary N) is 3. The number of hydrogen-bond acceptors (Lipinski definition) is 7. The lowest BCUT2D eigenvalue weighted by atomic mass is 10.1. The van der Waals surface area contributed by atoms with Crippen molar-refractivity contribution in [2.45, 2.75) is 32.1 Å². The molecular formula is C20H23N7O5S. The van der Waals surface area contributed by atoms with Crippen LogP contribution >= 0.6 is 0 Å². The average Bonchev–Trinajstić information content (AvgIpc) is 3.11. The summed E-state index contributed by atoms with van der Waals surface area (Å²) in [6.07, 6.45) is 0.370. The molecule has 0 saturated carbocycles. The normalized spacial score (nSPS) is 11.3. The molecule has 2 aromatic heterocycles. The summed E-state index contributed by atoms with van der Waals surface area (Å²) in [6, 6.07) is 7.42. The Morgan fingerprint density at radius 2 is 1.79 bits per heavy atom. The van der Waals surface area contributed by atoms with Crippen LogP contribution in [0.5, 0.6) is 0 Å². The smallest absolute Gasteiger partial charge is 0.314 e. The zero-order valence-electron chi connectivity index (χ0n) is 18.2. The molecule has 0 atom stereocenters. The van der Waals surface area contributed by atoms with Crippen molar-refractivity contribution in [1.29, 1.82) is 0 Å². The predicted octanol–water partition coefficient (Wildman–Crippen LogP) is -0.174. The third-order valence-corrected chi connectivity index (χ3v) is 5.74. The number of nitrogens with two attached hydrogens (primary N) is 1. The lowest BCUT2D eigenvalue weighted by Gasteiger charge is -2.10. The highest BCUT2D eigenvalue weighted by Crippen LogP contribution is 2.14. The molecule has 0 radical (unpaired) electrons. The van der Waals surface area contributed by atoms with Crippen LogP contribution < -0.4 is 21.3 Å². The van der Waals surface area contributed by atoms with Crippen molar-refractivity contribution in [2.75, 3.05) is 11.9 Å². The van der Waals surface area contributed by atoms with E-state index in [2.05, 4.69) is 25.7 Å². The van der Waals surface area contributed by atoms with Gasteiger partial charge in [0.2, 0.25) is 16.0 Å². The number of rotatable bonds is 6. The molecule has 13 heteroatoms. The van der Waals surface area contributed by atoms with Crippen LogP contribution in [0.2, 0.25) is 0 Å². The standard InChI is InChI=1S/C20H23N7O5S/c1-11-10-16(27(26-11)20-23-13(3)12(2)17(28)25-20)24-19(30)18(29)22-9-8-14-4-6-15(7-5-14)33(21,31)32/h4-7,10H,8-9H2,1-3H3,(H,22,29)(H,24,30)(H2,21,31,32)(H,23,25,28). The number of amides is 2. The molecule has 0 fully saturated rings.